The number of anilines is 2. The highest BCUT2D eigenvalue weighted by Crippen LogP contribution is 2.35. The number of carbonyl (C=O) groups is 1. The fraction of sp³-hybridized carbons (Fsp3) is 0. The first-order chi connectivity index (χ1) is 11.2. The Balaban J connectivity index is 2.03. The van der Waals surface area contributed by atoms with E-state index < -0.39 is 11.8 Å². The molecule has 0 spiro atoms. The van der Waals surface area contributed by atoms with Crippen molar-refractivity contribution < 1.29 is 13.9 Å². The van der Waals surface area contributed by atoms with Crippen molar-refractivity contribution in [2.24, 2.45) is 5.73 Å². The summed E-state index contributed by atoms with van der Waals surface area (Å²) < 4.78 is 19.3. The molecule has 6 nitrogen and oxygen atoms in total. The van der Waals surface area contributed by atoms with Crippen molar-refractivity contribution in [3.8, 4) is 11.6 Å². The van der Waals surface area contributed by atoms with E-state index in [0.29, 0.717) is 5.13 Å². The summed E-state index contributed by atoms with van der Waals surface area (Å²) in [6.45, 7) is 0. The number of benzene rings is 1. The van der Waals surface area contributed by atoms with Gasteiger partial charge in [-0.15, -0.1) is 11.3 Å². The lowest BCUT2D eigenvalue weighted by molar-refractivity contribution is 0.256. The number of halogens is 1. The Kier molecular flexibility index (Phi) is 4.15. The normalized spacial score (nSPS) is 10.3. The summed E-state index contributed by atoms with van der Waals surface area (Å²) >= 11 is 1.23. The standard InChI is InChI=1S/C15H11FN4O2S/c16-10-4-1-2-6-12(10)22-13-11(5-3-7-18-13)20(14(17)21)15-19-8-9-23-15/h1-9H,(H2,17,21). The van der Waals surface area contributed by atoms with E-state index in [0.717, 1.165) is 4.90 Å². The fourth-order valence-electron chi connectivity index (χ4n) is 1.91. The number of ether oxygens (including phenoxy) is 1. The minimum Gasteiger partial charge on any atom is -0.434 e. The number of rotatable bonds is 4. The van der Waals surface area contributed by atoms with E-state index in [4.69, 9.17) is 10.5 Å². The molecule has 0 fully saturated rings. The quantitative estimate of drug-likeness (QED) is 0.791. The van der Waals surface area contributed by atoms with Gasteiger partial charge in [0.2, 0.25) is 5.88 Å². The third kappa shape index (κ3) is 3.11. The first-order valence-electron chi connectivity index (χ1n) is 6.53. The van der Waals surface area contributed by atoms with Gasteiger partial charge in [0.1, 0.15) is 5.69 Å². The number of para-hydroxylation sites is 1. The van der Waals surface area contributed by atoms with Crippen LogP contribution in [0.15, 0.2) is 54.2 Å². The molecular weight excluding hydrogens is 319 g/mol. The summed E-state index contributed by atoms with van der Waals surface area (Å²) in [7, 11) is 0. The molecular formula is C15H11FN4O2S. The number of hydrogen-bond donors (Lipinski definition) is 1. The number of primary amides is 1. The average Bonchev–Trinajstić information content (AvgIpc) is 3.05. The molecule has 2 heterocycles. The highest BCUT2D eigenvalue weighted by molar-refractivity contribution is 7.13. The SMILES string of the molecule is NC(=O)N(c1nccs1)c1cccnc1Oc1ccccc1F. The largest absolute Gasteiger partial charge is 0.434 e. The lowest BCUT2D eigenvalue weighted by Crippen LogP contribution is -2.31. The molecule has 0 bridgehead atoms. The topological polar surface area (TPSA) is 81.3 Å². The minimum absolute atomic E-state index is 0.00370. The van der Waals surface area contributed by atoms with Crippen molar-refractivity contribution in [3.63, 3.8) is 0 Å². The number of nitrogens with zero attached hydrogens (tertiary/aromatic N) is 3. The van der Waals surface area contributed by atoms with Gasteiger partial charge in [-0.1, -0.05) is 12.1 Å². The molecule has 0 atom stereocenters. The van der Waals surface area contributed by atoms with Gasteiger partial charge in [0, 0.05) is 17.8 Å². The zero-order valence-corrected chi connectivity index (χ0v) is 12.5. The smallest absolute Gasteiger partial charge is 0.325 e. The first-order valence-corrected chi connectivity index (χ1v) is 7.41. The van der Waals surface area contributed by atoms with Crippen molar-refractivity contribution in [1.29, 1.82) is 0 Å². The third-order valence-electron chi connectivity index (χ3n) is 2.87. The van der Waals surface area contributed by atoms with Crippen LogP contribution in [0, 0.1) is 5.82 Å². The molecule has 1 aromatic carbocycles. The Morgan fingerprint density at radius 2 is 2.00 bits per heavy atom. The highest BCUT2D eigenvalue weighted by atomic mass is 32.1. The van der Waals surface area contributed by atoms with Crippen molar-refractivity contribution in [2.75, 3.05) is 4.90 Å². The van der Waals surface area contributed by atoms with E-state index in [1.807, 2.05) is 0 Å². The Bertz CT molecular complexity index is 826. The summed E-state index contributed by atoms with van der Waals surface area (Å²) in [4.78, 5) is 21.1. The zero-order valence-electron chi connectivity index (χ0n) is 11.7. The summed E-state index contributed by atoms with van der Waals surface area (Å²) in [5.74, 6) is -0.494. The van der Waals surface area contributed by atoms with Crippen LogP contribution < -0.4 is 15.4 Å². The third-order valence-corrected chi connectivity index (χ3v) is 3.62. The van der Waals surface area contributed by atoms with E-state index in [1.165, 1.54) is 29.7 Å². The summed E-state index contributed by atoms with van der Waals surface area (Å²) in [5, 5.41) is 2.07. The molecule has 0 unspecified atom stereocenters. The van der Waals surface area contributed by atoms with Crippen LogP contribution in [-0.2, 0) is 0 Å². The first kappa shape index (κ1) is 14.9. The highest BCUT2D eigenvalue weighted by Gasteiger charge is 2.23. The molecule has 3 aromatic rings. The lowest BCUT2D eigenvalue weighted by atomic mass is 10.3. The van der Waals surface area contributed by atoms with Gasteiger partial charge in [0.25, 0.3) is 0 Å². The fourth-order valence-corrected chi connectivity index (χ4v) is 2.56. The van der Waals surface area contributed by atoms with Gasteiger partial charge in [0.05, 0.1) is 0 Å². The average molecular weight is 330 g/mol. The molecule has 8 heteroatoms. The summed E-state index contributed by atoms with van der Waals surface area (Å²) in [6, 6.07) is 8.38. The molecule has 23 heavy (non-hydrogen) atoms. The van der Waals surface area contributed by atoms with Gasteiger partial charge in [-0.2, -0.15) is 0 Å². The molecule has 2 aromatic heterocycles. The number of nitrogens with two attached hydrogens (primary N) is 1. The van der Waals surface area contributed by atoms with Crippen molar-refractivity contribution >= 4 is 28.2 Å². The van der Waals surface area contributed by atoms with Crippen molar-refractivity contribution in [1.82, 2.24) is 9.97 Å². The van der Waals surface area contributed by atoms with E-state index in [2.05, 4.69) is 9.97 Å². The predicted octanol–water partition coefficient (Wildman–Crippen LogP) is 3.69. The van der Waals surface area contributed by atoms with E-state index in [-0.39, 0.29) is 17.3 Å². The molecule has 3 rings (SSSR count). The van der Waals surface area contributed by atoms with Crippen LogP contribution in [0.2, 0.25) is 0 Å². The number of pyridine rings is 1. The molecule has 0 aliphatic carbocycles. The zero-order chi connectivity index (χ0) is 16.2. The summed E-state index contributed by atoms with van der Waals surface area (Å²) in [5.41, 5.74) is 5.72. The van der Waals surface area contributed by atoms with Gasteiger partial charge in [-0.3, -0.25) is 0 Å². The number of hydrogen-bond acceptors (Lipinski definition) is 5. The van der Waals surface area contributed by atoms with E-state index >= 15 is 0 Å². The van der Waals surface area contributed by atoms with Gasteiger partial charge in [-0.25, -0.2) is 24.1 Å². The molecule has 2 amide bonds. The van der Waals surface area contributed by atoms with Crippen LogP contribution in [0.1, 0.15) is 0 Å². The van der Waals surface area contributed by atoms with Crippen LogP contribution in [0.25, 0.3) is 0 Å². The van der Waals surface area contributed by atoms with Crippen LogP contribution in [-0.4, -0.2) is 16.0 Å². The number of carbonyl (C=O) groups excluding carboxylic acids is 1. The maximum Gasteiger partial charge on any atom is 0.325 e. The van der Waals surface area contributed by atoms with E-state index in [1.54, 1.807) is 35.8 Å². The second kappa shape index (κ2) is 6.41. The van der Waals surface area contributed by atoms with Gasteiger partial charge >= 0.3 is 6.03 Å². The number of amides is 2. The minimum atomic E-state index is -0.744. The lowest BCUT2D eigenvalue weighted by Gasteiger charge is -2.19. The predicted molar refractivity (Wildman–Crippen MR) is 84.5 cm³/mol. The second-order valence-electron chi connectivity index (χ2n) is 4.35. The Morgan fingerprint density at radius 1 is 1.17 bits per heavy atom. The van der Waals surface area contributed by atoms with Crippen molar-refractivity contribution in [2.45, 2.75) is 0 Å². The molecule has 0 saturated carbocycles. The van der Waals surface area contributed by atoms with Crippen molar-refractivity contribution in [3.05, 3.63) is 60.0 Å². The molecule has 0 saturated heterocycles. The van der Waals surface area contributed by atoms with Gasteiger partial charge in [0.15, 0.2) is 16.7 Å². The molecule has 0 aliphatic rings. The van der Waals surface area contributed by atoms with Crippen LogP contribution in [0.4, 0.5) is 20.0 Å². The second-order valence-corrected chi connectivity index (χ2v) is 5.22. The Morgan fingerprint density at radius 3 is 2.70 bits per heavy atom. The molecule has 0 aliphatic heterocycles. The number of urea groups is 1. The number of thiazole rings is 1. The monoisotopic (exact) mass is 330 g/mol. The van der Waals surface area contributed by atoms with Crippen LogP contribution in [0.3, 0.4) is 0 Å². The summed E-state index contributed by atoms with van der Waals surface area (Å²) in [6.07, 6.45) is 3.02. The number of aromatic nitrogens is 2. The van der Waals surface area contributed by atoms with Crippen LogP contribution in [0.5, 0.6) is 11.6 Å². The van der Waals surface area contributed by atoms with Gasteiger partial charge < -0.3 is 10.5 Å². The van der Waals surface area contributed by atoms with Crippen LogP contribution >= 0.6 is 11.3 Å². The molecule has 116 valence electrons. The Hall–Kier alpha value is -3.00. The maximum absolute atomic E-state index is 13.8. The van der Waals surface area contributed by atoms with E-state index in [9.17, 15) is 9.18 Å². The molecule has 0 radical (unpaired) electrons. The maximum atomic E-state index is 13.8. The molecule has 2 N–H and O–H groups in total. The Labute approximate surface area is 135 Å². The van der Waals surface area contributed by atoms with Gasteiger partial charge in [-0.05, 0) is 24.3 Å².